The van der Waals surface area contributed by atoms with Gasteiger partial charge < -0.3 is 15.3 Å². The molecule has 1 aliphatic rings. The van der Waals surface area contributed by atoms with Gasteiger partial charge in [-0.25, -0.2) is 0 Å². The van der Waals surface area contributed by atoms with Crippen LogP contribution in [-0.4, -0.2) is 41.0 Å². The van der Waals surface area contributed by atoms with Gasteiger partial charge in [0.15, 0.2) is 0 Å². The fourth-order valence-corrected chi connectivity index (χ4v) is 2.22. The molecule has 1 aromatic carbocycles. The van der Waals surface area contributed by atoms with Crippen LogP contribution in [0.15, 0.2) is 36.9 Å². The van der Waals surface area contributed by atoms with E-state index in [4.69, 9.17) is 5.11 Å². The molecule has 0 saturated carbocycles. The third-order valence-corrected chi connectivity index (χ3v) is 3.06. The first-order valence-corrected chi connectivity index (χ1v) is 6.07. The van der Waals surface area contributed by atoms with Crippen LogP contribution >= 0.6 is 0 Å². The molecule has 0 aromatic heterocycles. The van der Waals surface area contributed by atoms with Gasteiger partial charge in [0, 0.05) is 18.7 Å². The number of carboxylic acid groups (broad SMARTS) is 1. The van der Waals surface area contributed by atoms with Crippen LogP contribution in [0.3, 0.4) is 0 Å². The Bertz CT molecular complexity index is 488. The number of carboxylic acids is 1. The second kappa shape index (κ2) is 5.56. The van der Waals surface area contributed by atoms with Crippen molar-refractivity contribution in [1.29, 1.82) is 0 Å². The average Bonchev–Trinajstić information content (AvgIpc) is 2.80. The Hall–Kier alpha value is -2.30. The standard InChI is InChI=1S/C14H16N2O3/c1-2-7-16(9-13(17)18)14(19)12-8-10-5-3-4-6-11(10)15-12/h2-6,12,15H,1,7-9H2,(H,17,18). The van der Waals surface area contributed by atoms with Crippen molar-refractivity contribution in [3.05, 3.63) is 42.5 Å². The Balaban J connectivity index is 2.08. The van der Waals surface area contributed by atoms with Crippen LogP contribution in [0.25, 0.3) is 0 Å². The molecule has 1 atom stereocenters. The zero-order chi connectivity index (χ0) is 13.8. The highest BCUT2D eigenvalue weighted by molar-refractivity contribution is 5.89. The van der Waals surface area contributed by atoms with Gasteiger partial charge in [0.25, 0.3) is 0 Å². The summed E-state index contributed by atoms with van der Waals surface area (Å²) in [7, 11) is 0. The molecule has 1 heterocycles. The Morgan fingerprint density at radius 3 is 2.84 bits per heavy atom. The van der Waals surface area contributed by atoms with Crippen molar-refractivity contribution >= 4 is 17.6 Å². The smallest absolute Gasteiger partial charge is 0.323 e. The first-order chi connectivity index (χ1) is 9.11. The van der Waals surface area contributed by atoms with Crippen LogP contribution in [-0.2, 0) is 16.0 Å². The summed E-state index contributed by atoms with van der Waals surface area (Å²) in [6.07, 6.45) is 2.12. The molecule has 0 aliphatic carbocycles. The van der Waals surface area contributed by atoms with E-state index in [2.05, 4.69) is 11.9 Å². The lowest BCUT2D eigenvalue weighted by molar-refractivity contribution is -0.144. The third-order valence-electron chi connectivity index (χ3n) is 3.06. The van der Waals surface area contributed by atoms with E-state index in [-0.39, 0.29) is 19.0 Å². The molecule has 5 heteroatoms. The van der Waals surface area contributed by atoms with Crippen molar-refractivity contribution < 1.29 is 14.7 Å². The molecule has 1 aliphatic heterocycles. The number of para-hydroxylation sites is 1. The second-order valence-electron chi connectivity index (χ2n) is 4.46. The van der Waals surface area contributed by atoms with E-state index >= 15 is 0 Å². The maximum absolute atomic E-state index is 12.3. The van der Waals surface area contributed by atoms with Gasteiger partial charge in [-0.2, -0.15) is 0 Å². The number of benzene rings is 1. The van der Waals surface area contributed by atoms with Crippen molar-refractivity contribution in [2.24, 2.45) is 0 Å². The number of carbonyl (C=O) groups is 2. The fraction of sp³-hybridized carbons (Fsp3) is 0.286. The molecule has 0 spiro atoms. The monoisotopic (exact) mass is 260 g/mol. The number of hydrogen-bond donors (Lipinski definition) is 2. The lowest BCUT2D eigenvalue weighted by atomic mass is 10.1. The average molecular weight is 260 g/mol. The van der Waals surface area contributed by atoms with Crippen LogP contribution in [0.4, 0.5) is 5.69 Å². The fourth-order valence-electron chi connectivity index (χ4n) is 2.22. The normalized spacial score (nSPS) is 16.3. The molecular formula is C14H16N2O3. The van der Waals surface area contributed by atoms with Crippen molar-refractivity contribution in [1.82, 2.24) is 4.90 Å². The highest BCUT2D eigenvalue weighted by Crippen LogP contribution is 2.25. The molecule has 1 amide bonds. The van der Waals surface area contributed by atoms with E-state index < -0.39 is 12.0 Å². The predicted molar refractivity (Wildman–Crippen MR) is 72.0 cm³/mol. The van der Waals surface area contributed by atoms with Crippen molar-refractivity contribution in [2.75, 3.05) is 18.4 Å². The van der Waals surface area contributed by atoms with Gasteiger partial charge in [-0.1, -0.05) is 24.3 Å². The van der Waals surface area contributed by atoms with Crippen LogP contribution < -0.4 is 5.32 Å². The summed E-state index contributed by atoms with van der Waals surface area (Å²) >= 11 is 0. The predicted octanol–water partition coefficient (Wildman–Crippen LogP) is 1.12. The Labute approximate surface area is 111 Å². The molecule has 19 heavy (non-hydrogen) atoms. The molecule has 5 nitrogen and oxygen atoms in total. The molecular weight excluding hydrogens is 244 g/mol. The van der Waals surface area contributed by atoms with Gasteiger partial charge >= 0.3 is 5.97 Å². The number of hydrogen-bond acceptors (Lipinski definition) is 3. The number of aliphatic carboxylic acids is 1. The van der Waals surface area contributed by atoms with Crippen LogP contribution in [0.1, 0.15) is 5.56 Å². The van der Waals surface area contributed by atoms with E-state index in [1.165, 1.54) is 11.0 Å². The highest BCUT2D eigenvalue weighted by atomic mass is 16.4. The maximum atomic E-state index is 12.3. The number of fused-ring (bicyclic) bond motifs is 1. The second-order valence-corrected chi connectivity index (χ2v) is 4.46. The summed E-state index contributed by atoms with van der Waals surface area (Å²) in [6, 6.07) is 7.31. The van der Waals surface area contributed by atoms with E-state index in [1.807, 2.05) is 24.3 Å². The summed E-state index contributed by atoms with van der Waals surface area (Å²) in [4.78, 5) is 24.4. The van der Waals surface area contributed by atoms with E-state index in [1.54, 1.807) is 0 Å². The Kier molecular flexibility index (Phi) is 3.85. The first kappa shape index (κ1) is 13.1. The van der Waals surface area contributed by atoms with Gasteiger partial charge in [0.2, 0.25) is 5.91 Å². The minimum Gasteiger partial charge on any atom is -0.480 e. The van der Waals surface area contributed by atoms with Gasteiger partial charge in [0.1, 0.15) is 12.6 Å². The molecule has 100 valence electrons. The van der Waals surface area contributed by atoms with Crippen LogP contribution in [0.5, 0.6) is 0 Å². The SMILES string of the molecule is C=CCN(CC(=O)O)C(=O)C1Cc2ccccc2N1. The van der Waals surface area contributed by atoms with Gasteiger partial charge in [-0.15, -0.1) is 6.58 Å². The summed E-state index contributed by atoms with van der Waals surface area (Å²) in [5.74, 6) is -1.23. The Morgan fingerprint density at radius 2 is 2.21 bits per heavy atom. The third kappa shape index (κ3) is 2.93. The minimum atomic E-state index is -1.02. The van der Waals surface area contributed by atoms with E-state index in [0.29, 0.717) is 6.42 Å². The molecule has 1 unspecified atom stereocenters. The molecule has 0 saturated heterocycles. The molecule has 0 fully saturated rings. The summed E-state index contributed by atoms with van der Waals surface area (Å²) in [6.45, 7) is 3.48. The number of nitrogens with one attached hydrogen (secondary N) is 1. The zero-order valence-corrected chi connectivity index (χ0v) is 10.5. The van der Waals surface area contributed by atoms with Crippen LogP contribution in [0, 0.1) is 0 Å². The number of anilines is 1. The van der Waals surface area contributed by atoms with E-state index in [0.717, 1.165) is 11.3 Å². The lowest BCUT2D eigenvalue weighted by Crippen LogP contribution is -2.44. The molecule has 2 N–H and O–H groups in total. The topological polar surface area (TPSA) is 69.6 Å². The summed E-state index contributed by atoms with van der Waals surface area (Å²) in [5.41, 5.74) is 2.02. The van der Waals surface area contributed by atoms with Gasteiger partial charge in [0.05, 0.1) is 0 Å². The largest absolute Gasteiger partial charge is 0.480 e. The minimum absolute atomic E-state index is 0.210. The van der Waals surface area contributed by atoms with Gasteiger partial charge in [-0.05, 0) is 11.6 Å². The number of carbonyl (C=O) groups excluding carboxylic acids is 1. The molecule has 0 radical (unpaired) electrons. The lowest BCUT2D eigenvalue weighted by Gasteiger charge is -2.22. The number of rotatable bonds is 5. The molecule has 0 bridgehead atoms. The summed E-state index contributed by atoms with van der Waals surface area (Å²) in [5, 5.41) is 12.0. The van der Waals surface area contributed by atoms with Crippen molar-refractivity contribution in [3.63, 3.8) is 0 Å². The maximum Gasteiger partial charge on any atom is 0.323 e. The van der Waals surface area contributed by atoms with Crippen molar-refractivity contribution in [2.45, 2.75) is 12.5 Å². The van der Waals surface area contributed by atoms with E-state index in [9.17, 15) is 9.59 Å². The quantitative estimate of drug-likeness (QED) is 0.778. The van der Waals surface area contributed by atoms with Crippen LogP contribution in [0.2, 0.25) is 0 Å². The van der Waals surface area contributed by atoms with Gasteiger partial charge in [-0.3, -0.25) is 9.59 Å². The number of amides is 1. The first-order valence-electron chi connectivity index (χ1n) is 6.07. The summed E-state index contributed by atoms with van der Waals surface area (Å²) < 4.78 is 0. The molecule has 2 rings (SSSR count). The highest BCUT2D eigenvalue weighted by Gasteiger charge is 2.30. The zero-order valence-electron chi connectivity index (χ0n) is 10.5. The molecule has 1 aromatic rings. The Morgan fingerprint density at radius 1 is 1.47 bits per heavy atom. The number of nitrogens with zero attached hydrogens (tertiary/aromatic N) is 1. The van der Waals surface area contributed by atoms with Crippen molar-refractivity contribution in [3.8, 4) is 0 Å².